The minimum atomic E-state index is -4.20. The molecular formula is C15H21N2O6P. The second-order valence-electron chi connectivity index (χ2n) is 5.66. The molecule has 1 heterocycles. The highest BCUT2D eigenvalue weighted by Crippen LogP contribution is 2.38. The molecule has 1 unspecified atom stereocenters. The summed E-state index contributed by atoms with van der Waals surface area (Å²) in [7, 11) is -4.20. The fourth-order valence-electron chi connectivity index (χ4n) is 2.61. The molecular weight excluding hydrogens is 335 g/mol. The molecule has 0 spiro atoms. The summed E-state index contributed by atoms with van der Waals surface area (Å²) in [4.78, 5) is 34.5. The van der Waals surface area contributed by atoms with Crippen molar-refractivity contribution < 1.29 is 28.7 Å². The van der Waals surface area contributed by atoms with E-state index in [-0.39, 0.29) is 6.61 Å². The highest BCUT2D eigenvalue weighted by Gasteiger charge is 2.37. The third kappa shape index (κ3) is 4.88. The predicted molar refractivity (Wildman–Crippen MR) is 86.0 cm³/mol. The summed E-state index contributed by atoms with van der Waals surface area (Å²) in [5.74, 6) is -1.60. The van der Waals surface area contributed by atoms with E-state index < -0.39 is 31.7 Å². The average Bonchev–Trinajstić information content (AvgIpc) is 3.02. The highest BCUT2D eigenvalue weighted by molar-refractivity contribution is 7.50. The molecule has 0 bridgehead atoms. The lowest BCUT2D eigenvalue weighted by Crippen LogP contribution is -2.48. The summed E-state index contributed by atoms with van der Waals surface area (Å²) in [5.41, 5.74) is 0.720. The molecule has 1 aliphatic rings. The van der Waals surface area contributed by atoms with Crippen LogP contribution in [0.5, 0.6) is 0 Å². The van der Waals surface area contributed by atoms with E-state index in [0.29, 0.717) is 19.4 Å². The highest BCUT2D eigenvalue weighted by atomic mass is 31.2. The molecule has 3 atom stereocenters. The van der Waals surface area contributed by atoms with Gasteiger partial charge in [0.15, 0.2) is 0 Å². The normalized spacial score (nSPS) is 21.2. The lowest BCUT2D eigenvalue weighted by Gasteiger charge is -2.26. The topological polar surface area (TPSA) is 116 Å². The summed E-state index contributed by atoms with van der Waals surface area (Å²) in [6.07, 6.45) is 0.978. The van der Waals surface area contributed by atoms with E-state index >= 15 is 0 Å². The molecule has 24 heavy (non-hydrogen) atoms. The third-order valence-corrected chi connectivity index (χ3v) is 4.99. The van der Waals surface area contributed by atoms with Crippen molar-refractivity contribution in [3.8, 4) is 0 Å². The van der Waals surface area contributed by atoms with Crippen molar-refractivity contribution in [2.45, 2.75) is 38.5 Å². The maximum absolute atomic E-state index is 12.3. The maximum Gasteiger partial charge on any atom is 0.403 e. The van der Waals surface area contributed by atoms with E-state index in [1.165, 1.54) is 11.8 Å². The first-order valence-electron chi connectivity index (χ1n) is 7.62. The van der Waals surface area contributed by atoms with Crippen LogP contribution in [0.2, 0.25) is 0 Å². The SMILES string of the molecule is C[C@H](NP(=O)(O)OCc1ccccc1)C(=O)N1CCC[C@H]1C(=O)O. The fourth-order valence-corrected chi connectivity index (χ4v) is 3.61. The summed E-state index contributed by atoms with van der Waals surface area (Å²) in [5, 5.41) is 11.4. The molecule has 1 aromatic carbocycles. The zero-order valence-corrected chi connectivity index (χ0v) is 14.2. The molecule has 0 radical (unpaired) electrons. The van der Waals surface area contributed by atoms with Gasteiger partial charge in [-0.3, -0.25) is 9.32 Å². The van der Waals surface area contributed by atoms with Crippen LogP contribution in [-0.4, -0.2) is 45.4 Å². The molecule has 1 aromatic rings. The smallest absolute Gasteiger partial charge is 0.403 e. The van der Waals surface area contributed by atoms with Crippen molar-refractivity contribution in [2.24, 2.45) is 0 Å². The van der Waals surface area contributed by atoms with E-state index in [0.717, 1.165) is 5.56 Å². The number of carboxylic acids is 1. The van der Waals surface area contributed by atoms with Gasteiger partial charge in [-0.15, -0.1) is 0 Å². The van der Waals surface area contributed by atoms with Crippen molar-refractivity contribution in [1.29, 1.82) is 0 Å². The van der Waals surface area contributed by atoms with Crippen LogP contribution >= 0.6 is 7.75 Å². The number of carbonyl (C=O) groups is 2. The van der Waals surface area contributed by atoms with Crippen LogP contribution < -0.4 is 5.09 Å². The minimum Gasteiger partial charge on any atom is -0.480 e. The van der Waals surface area contributed by atoms with E-state index in [9.17, 15) is 19.0 Å². The van der Waals surface area contributed by atoms with Crippen LogP contribution in [0.4, 0.5) is 0 Å². The Kier molecular flexibility index (Phi) is 6.12. The maximum atomic E-state index is 12.3. The van der Waals surface area contributed by atoms with Gasteiger partial charge in [-0.25, -0.2) is 14.4 Å². The van der Waals surface area contributed by atoms with E-state index in [1.807, 2.05) is 6.07 Å². The Bertz CT molecular complexity index is 638. The van der Waals surface area contributed by atoms with Gasteiger partial charge in [0.25, 0.3) is 0 Å². The fraction of sp³-hybridized carbons (Fsp3) is 0.467. The van der Waals surface area contributed by atoms with Crippen LogP contribution in [-0.2, 0) is 25.3 Å². The number of carboxylic acid groups (broad SMARTS) is 1. The number of hydrogen-bond donors (Lipinski definition) is 3. The first kappa shape index (κ1) is 18.6. The first-order valence-corrected chi connectivity index (χ1v) is 9.20. The Hall–Kier alpha value is -1.73. The minimum absolute atomic E-state index is 0.0794. The van der Waals surface area contributed by atoms with E-state index in [4.69, 9.17) is 9.63 Å². The van der Waals surface area contributed by atoms with Crippen molar-refractivity contribution >= 4 is 19.6 Å². The molecule has 9 heteroatoms. The molecule has 132 valence electrons. The summed E-state index contributed by atoms with van der Waals surface area (Å²) >= 11 is 0. The molecule has 2 rings (SSSR count). The second kappa shape index (κ2) is 7.90. The number of hydrogen-bond acceptors (Lipinski definition) is 4. The van der Waals surface area contributed by atoms with Gasteiger partial charge >= 0.3 is 13.7 Å². The Balaban J connectivity index is 1.92. The van der Waals surface area contributed by atoms with Crippen LogP contribution in [0.1, 0.15) is 25.3 Å². The number of nitrogens with zero attached hydrogens (tertiary/aromatic N) is 1. The van der Waals surface area contributed by atoms with E-state index in [1.54, 1.807) is 24.3 Å². The average molecular weight is 356 g/mol. The number of amides is 1. The molecule has 0 saturated carbocycles. The quantitative estimate of drug-likeness (QED) is 0.632. The summed E-state index contributed by atoms with van der Waals surface area (Å²) in [6, 6.07) is 6.95. The molecule has 3 N–H and O–H groups in total. The Morgan fingerprint density at radius 2 is 2.08 bits per heavy atom. The number of likely N-dealkylation sites (tertiary alicyclic amines) is 1. The van der Waals surface area contributed by atoms with Gasteiger partial charge in [-0.1, -0.05) is 30.3 Å². The number of aliphatic carboxylic acids is 1. The molecule has 0 aliphatic carbocycles. The summed E-state index contributed by atoms with van der Waals surface area (Å²) < 4.78 is 17.1. The number of nitrogens with one attached hydrogen (secondary N) is 1. The molecule has 1 aliphatic heterocycles. The largest absolute Gasteiger partial charge is 0.480 e. The van der Waals surface area contributed by atoms with Crippen molar-refractivity contribution in [3.63, 3.8) is 0 Å². The number of rotatable bonds is 7. The molecule has 1 saturated heterocycles. The van der Waals surface area contributed by atoms with Crippen LogP contribution in [0.25, 0.3) is 0 Å². The van der Waals surface area contributed by atoms with Crippen LogP contribution in [0, 0.1) is 0 Å². The van der Waals surface area contributed by atoms with Crippen molar-refractivity contribution in [2.75, 3.05) is 6.54 Å². The van der Waals surface area contributed by atoms with Gasteiger partial charge in [-0.05, 0) is 25.3 Å². The molecule has 1 amide bonds. The third-order valence-electron chi connectivity index (χ3n) is 3.80. The van der Waals surface area contributed by atoms with Gasteiger partial charge < -0.3 is 14.9 Å². The summed E-state index contributed by atoms with van der Waals surface area (Å²) in [6.45, 7) is 1.65. The predicted octanol–water partition coefficient (Wildman–Crippen LogP) is 1.36. The van der Waals surface area contributed by atoms with Gasteiger partial charge in [0.05, 0.1) is 12.6 Å². The number of benzene rings is 1. The molecule has 1 fully saturated rings. The lowest BCUT2D eigenvalue weighted by atomic mass is 10.2. The van der Waals surface area contributed by atoms with E-state index in [2.05, 4.69) is 5.09 Å². The zero-order valence-electron chi connectivity index (χ0n) is 13.3. The zero-order chi connectivity index (χ0) is 17.7. The molecule has 0 aromatic heterocycles. The lowest BCUT2D eigenvalue weighted by molar-refractivity contribution is -0.148. The Morgan fingerprint density at radius 3 is 2.71 bits per heavy atom. The monoisotopic (exact) mass is 356 g/mol. The first-order chi connectivity index (χ1) is 11.3. The second-order valence-corrected chi connectivity index (χ2v) is 7.22. The van der Waals surface area contributed by atoms with Crippen LogP contribution in [0.3, 0.4) is 0 Å². The van der Waals surface area contributed by atoms with Gasteiger partial charge in [0.2, 0.25) is 5.91 Å². The van der Waals surface area contributed by atoms with Crippen molar-refractivity contribution in [3.05, 3.63) is 35.9 Å². The number of carbonyl (C=O) groups excluding carboxylic acids is 1. The Labute approximate surface area is 140 Å². The van der Waals surface area contributed by atoms with Crippen molar-refractivity contribution in [1.82, 2.24) is 9.99 Å². The van der Waals surface area contributed by atoms with Gasteiger partial charge in [-0.2, -0.15) is 0 Å². The Morgan fingerprint density at radius 1 is 1.42 bits per heavy atom. The standard InChI is InChI=1S/C15H21N2O6P/c1-11(14(18)17-9-5-8-13(17)15(19)20)16-24(21,22)23-10-12-6-3-2-4-7-12/h2-4,6-7,11,13H,5,8-10H2,1H3,(H,19,20)(H2,16,21,22)/t11-,13-/m0/s1. The van der Waals surface area contributed by atoms with Crippen LogP contribution in [0.15, 0.2) is 30.3 Å². The van der Waals surface area contributed by atoms with Gasteiger partial charge in [0, 0.05) is 6.54 Å². The van der Waals surface area contributed by atoms with Gasteiger partial charge in [0.1, 0.15) is 6.04 Å². The molecule has 8 nitrogen and oxygen atoms in total.